The lowest BCUT2D eigenvalue weighted by molar-refractivity contribution is -0.271. The van der Waals surface area contributed by atoms with E-state index in [4.69, 9.17) is 9.47 Å². The zero-order valence-electron chi connectivity index (χ0n) is 16.7. The summed E-state index contributed by atoms with van der Waals surface area (Å²) in [6.07, 6.45) is -0.0445. The van der Waals surface area contributed by atoms with Crippen LogP contribution in [0.4, 0.5) is 4.79 Å². The largest absolute Gasteiger partial charge is 0.508 e. The van der Waals surface area contributed by atoms with Crippen molar-refractivity contribution in [3.63, 3.8) is 0 Å². The van der Waals surface area contributed by atoms with E-state index in [1.807, 2.05) is 18.2 Å². The van der Waals surface area contributed by atoms with Crippen LogP contribution in [-0.2, 0) is 15.9 Å². The first-order chi connectivity index (χ1) is 14.2. The van der Waals surface area contributed by atoms with Crippen LogP contribution < -0.4 is 10.7 Å². The Hall–Kier alpha value is -2.68. The molecule has 30 heavy (non-hydrogen) atoms. The number of rotatable bonds is 4. The molecule has 1 amide bonds. The van der Waals surface area contributed by atoms with E-state index >= 15 is 0 Å². The van der Waals surface area contributed by atoms with Gasteiger partial charge in [-0.3, -0.25) is 4.79 Å². The standard InChI is InChI=1S/C22H23NO6S/c1-21(2)28-11-22(12-29-21,23-20(26)27)8-7-13-3-5-15-17(9-13)30-18-10-14(24)4-6-16(18)19(15)25/h3-6,9-10,23-24H,7-8,11-12H2,1-2H3,(H,26,27). The third kappa shape index (κ3) is 4.12. The normalized spacial score (nSPS) is 17.8. The van der Waals surface area contributed by atoms with E-state index in [9.17, 15) is 19.8 Å². The Morgan fingerprint density at radius 3 is 2.40 bits per heavy atom. The molecule has 1 fully saturated rings. The number of ether oxygens (including phenoxy) is 2. The van der Waals surface area contributed by atoms with Crippen molar-refractivity contribution in [2.45, 2.75) is 38.0 Å². The molecule has 7 nitrogen and oxygen atoms in total. The summed E-state index contributed by atoms with van der Waals surface area (Å²) in [5, 5.41) is 22.8. The van der Waals surface area contributed by atoms with Crippen molar-refractivity contribution < 1.29 is 24.5 Å². The molecule has 8 heteroatoms. The number of phenolic OH excluding ortho intramolecular Hbond substituents is 1. The van der Waals surface area contributed by atoms with Crippen LogP contribution in [-0.4, -0.2) is 40.8 Å². The molecule has 4 rings (SSSR count). The van der Waals surface area contributed by atoms with Gasteiger partial charge in [0.1, 0.15) is 5.75 Å². The number of phenols is 1. The molecule has 1 aromatic heterocycles. The molecule has 3 aromatic rings. The number of nitrogens with one attached hydrogen (secondary N) is 1. The Morgan fingerprint density at radius 2 is 1.73 bits per heavy atom. The van der Waals surface area contributed by atoms with Gasteiger partial charge in [0.25, 0.3) is 0 Å². The highest BCUT2D eigenvalue weighted by molar-refractivity contribution is 7.24. The summed E-state index contributed by atoms with van der Waals surface area (Å²) >= 11 is 1.45. The zero-order chi connectivity index (χ0) is 21.5. The van der Waals surface area contributed by atoms with Crippen LogP contribution in [0.2, 0.25) is 0 Å². The molecule has 0 radical (unpaired) electrons. The minimum Gasteiger partial charge on any atom is -0.508 e. The second-order valence-corrected chi connectivity index (χ2v) is 9.21. The molecule has 0 aliphatic carbocycles. The van der Waals surface area contributed by atoms with Crippen molar-refractivity contribution in [1.29, 1.82) is 0 Å². The van der Waals surface area contributed by atoms with Gasteiger partial charge in [-0.15, -0.1) is 11.3 Å². The van der Waals surface area contributed by atoms with Gasteiger partial charge >= 0.3 is 6.09 Å². The van der Waals surface area contributed by atoms with E-state index in [-0.39, 0.29) is 24.4 Å². The van der Waals surface area contributed by atoms with E-state index in [0.29, 0.717) is 23.6 Å². The number of hydrogen-bond donors (Lipinski definition) is 3. The summed E-state index contributed by atoms with van der Waals surface area (Å²) in [7, 11) is 0. The minimum atomic E-state index is -1.12. The predicted octanol–water partition coefficient (Wildman–Crippen LogP) is 3.84. The van der Waals surface area contributed by atoms with Gasteiger partial charge in [-0.05, 0) is 62.6 Å². The van der Waals surface area contributed by atoms with Gasteiger partial charge in [0.15, 0.2) is 11.2 Å². The molecule has 0 bridgehead atoms. The molecule has 1 aliphatic heterocycles. The van der Waals surface area contributed by atoms with E-state index in [0.717, 1.165) is 15.0 Å². The van der Waals surface area contributed by atoms with Crippen LogP contribution in [0.5, 0.6) is 5.75 Å². The minimum absolute atomic E-state index is 0.0642. The fraction of sp³-hybridized carbons (Fsp3) is 0.364. The molecule has 3 N–H and O–H groups in total. The number of aryl methyl sites for hydroxylation is 1. The van der Waals surface area contributed by atoms with Crippen LogP contribution >= 0.6 is 11.3 Å². The van der Waals surface area contributed by atoms with Gasteiger partial charge < -0.3 is 25.0 Å². The lowest BCUT2D eigenvalue weighted by Gasteiger charge is -2.43. The second-order valence-electron chi connectivity index (χ2n) is 8.13. The number of aromatic hydroxyl groups is 1. The van der Waals surface area contributed by atoms with E-state index < -0.39 is 17.4 Å². The van der Waals surface area contributed by atoms with Gasteiger partial charge in [0.05, 0.1) is 18.8 Å². The number of fused-ring (bicyclic) bond motifs is 2. The number of carboxylic acid groups (broad SMARTS) is 1. The van der Waals surface area contributed by atoms with Crippen molar-refractivity contribution in [3.8, 4) is 5.75 Å². The highest BCUT2D eigenvalue weighted by atomic mass is 32.1. The van der Waals surface area contributed by atoms with Crippen molar-refractivity contribution in [2.24, 2.45) is 0 Å². The highest BCUT2D eigenvalue weighted by Crippen LogP contribution is 2.30. The third-order valence-electron chi connectivity index (χ3n) is 5.38. The predicted molar refractivity (Wildman–Crippen MR) is 115 cm³/mol. The third-order valence-corrected chi connectivity index (χ3v) is 6.49. The van der Waals surface area contributed by atoms with Crippen LogP contribution in [0.15, 0.2) is 41.2 Å². The fourth-order valence-corrected chi connectivity index (χ4v) is 4.81. The average molecular weight is 429 g/mol. The van der Waals surface area contributed by atoms with Crippen molar-refractivity contribution in [3.05, 3.63) is 52.2 Å². The molecule has 0 spiro atoms. The van der Waals surface area contributed by atoms with Crippen molar-refractivity contribution >= 4 is 37.6 Å². The summed E-state index contributed by atoms with van der Waals surface area (Å²) in [6, 6.07) is 10.4. The Kier molecular flexibility index (Phi) is 5.17. The number of carbonyl (C=O) groups is 1. The lowest BCUT2D eigenvalue weighted by Crippen LogP contribution is -2.61. The summed E-state index contributed by atoms with van der Waals surface area (Å²) in [5.41, 5.74) is 0.0817. The van der Waals surface area contributed by atoms with E-state index in [1.165, 1.54) is 17.4 Å². The maximum Gasteiger partial charge on any atom is 0.405 e. The van der Waals surface area contributed by atoms with Crippen LogP contribution in [0, 0.1) is 0 Å². The molecule has 2 heterocycles. The molecule has 0 unspecified atom stereocenters. The summed E-state index contributed by atoms with van der Waals surface area (Å²) in [5.74, 6) is -0.624. The molecule has 0 atom stereocenters. The molecule has 1 saturated heterocycles. The maximum atomic E-state index is 12.8. The second kappa shape index (κ2) is 7.54. The quantitative estimate of drug-likeness (QED) is 0.544. The van der Waals surface area contributed by atoms with Gasteiger partial charge in [-0.25, -0.2) is 4.79 Å². The smallest absolute Gasteiger partial charge is 0.405 e. The van der Waals surface area contributed by atoms with Gasteiger partial charge in [0, 0.05) is 20.2 Å². The number of hydrogen-bond acceptors (Lipinski definition) is 6. The van der Waals surface area contributed by atoms with Gasteiger partial charge in [-0.2, -0.15) is 0 Å². The fourth-order valence-electron chi connectivity index (χ4n) is 3.64. The molecular formula is C22H23NO6S. The monoisotopic (exact) mass is 429 g/mol. The Labute approximate surface area is 176 Å². The maximum absolute atomic E-state index is 12.8. The Morgan fingerprint density at radius 1 is 1.10 bits per heavy atom. The SMILES string of the molecule is CC1(C)OCC(CCc2ccc3c(=O)c4ccc(O)cc4sc3c2)(NC(=O)O)CO1. The first kappa shape index (κ1) is 20.6. The van der Waals surface area contributed by atoms with E-state index in [2.05, 4.69) is 5.32 Å². The molecule has 158 valence electrons. The lowest BCUT2D eigenvalue weighted by atomic mass is 9.91. The first-order valence-electron chi connectivity index (χ1n) is 9.64. The topological polar surface area (TPSA) is 105 Å². The molecule has 2 aromatic carbocycles. The molecular weight excluding hydrogens is 406 g/mol. The first-order valence-corrected chi connectivity index (χ1v) is 10.5. The molecule has 1 aliphatic rings. The zero-order valence-corrected chi connectivity index (χ0v) is 17.5. The number of amides is 1. The Balaban J connectivity index is 1.62. The Bertz CT molecular complexity index is 1180. The van der Waals surface area contributed by atoms with Crippen LogP contribution in [0.3, 0.4) is 0 Å². The van der Waals surface area contributed by atoms with Crippen LogP contribution in [0.1, 0.15) is 25.8 Å². The highest BCUT2D eigenvalue weighted by Gasteiger charge is 2.41. The van der Waals surface area contributed by atoms with Gasteiger partial charge in [0.2, 0.25) is 0 Å². The van der Waals surface area contributed by atoms with Crippen molar-refractivity contribution in [2.75, 3.05) is 13.2 Å². The summed E-state index contributed by atoms with van der Waals surface area (Å²) in [6.45, 7) is 4.03. The van der Waals surface area contributed by atoms with Gasteiger partial charge in [-0.1, -0.05) is 6.07 Å². The van der Waals surface area contributed by atoms with Crippen LogP contribution in [0.25, 0.3) is 20.2 Å². The summed E-state index contributed by atoms with van der Waals surface area (Å²) < 4.78 is 13.0. The van der Waals surface area contributed by atoms with E-state index in [1.54, 1.807) is 26.0 Å². The van der Waals surface area contributed by atoms with Crippen molar-refractivity contribution in [1.82, 2.24) is 5.32 Å². The number of benzene rings is 2. The summed E-state index contributed by atoms with van der Waals surface area (Å²) in [4.78, 5) is 24.1. The molecule has 0 saturated carbocycles. The average Bonchev–Trinajstić information content (AvgIpc) is 2.68.